The lowest BCUT2D eigenvalue weighted by Gasteiger charge is -2.23. The first-order chi connectivity index (χ1) is 10.1. The lowest BCUT2D eigenvalue weighted by atomic mass is 10.1. The maximum absolute atomic E-state index is 6.43. The number of rotatable bonds is 10. The Hall–Kier alpha value is -0.580. The van der Waals surface area contributed by atoms with Crippen LogP contribution in [0.1, 0.15) is 45.5 Å². The fraction of sp³-hybridized carbons (Fsp3) is 0.812. The molecule has 1 atom stereocenters. The van der Waals surface area contributed by atoms with Gasteiger partial charge in [-0.05, 0) is 46.4 Å². The maximum atomic E-state index is 6.43. The summed E-state index contributed by atoms with van der Waals surface area (Å²) in [5.41, 5.74) is 2.11. The Morgan fingerprint density at radius 3 is 2.43 bits per heavy atom. The van der Waals surface area contributed by atoms with Gasteiger partial charge in [0.1, 0.15) is 0 Å². The normalized spacial score (nSPS) is 13.1. The lowest BCUT2D eigenvalue weighted by molar-refractivity contribution is 0.280. The second-order valence-corrected chi connectivity index (χ2v) is 5.81. The van der Waals surface area contributed by atoms with Crippen molar-refractivity contribution >= 4 is 11.6 Å². The molecule has 4 nitrogen and oxygen atoms in total. The third-order valence-electron chi connectivity index (χ3n) is 4.07. The van der Waals surface area contributed by atoms with Crippen molar-refractivity contribution in [3.63, 3.8) is 0 Å². The van der Waals surface area contributed by atoms with Crippen molar-refractivity contribution in [1.82, 2.24) is 20.0 Å². The summed E-state index contributed by atoms with van der Waals surface area (Å²) < 4.78 is 2.04. The summed E-state index contributed by atoms with van der Waals surface area (Å²) in [4.78, 5) is 2.47. The third kappa shape index (κ3) is 5.28. The van der Waals surface area contributed by atoms with Gasteiger partial charge >= 0.3 is 0 Å². The molecule has 0 radical (unpaired) electrons. The van der Waals surface area contributed by atoms with Gasteiger partial charge < -0.3 is 10.2 Å². The van der Waals surface area contributed by atoms with Crippen molar-refractivity contribution < 1.29 is 0 Å². The van der Waals surface area contributed by atoms with Crippen LogP contribution in [0.25, 0.3) is 0 Å². The fourth-order valence-electron chi connectivity index (χ4n) is 2.74. The summed E-state index contributed by atoms with van der Waals surface area (Å²) in [6.07, 6.45) is 2.09. The fourth-order valence-corrected chi connectivity index (χ4v) is 2.95. The van der Waals surface area contributed by atoms with Crippen molar-refractivity contribution in [1.29, 1.82) is 0 Å². The summed E-state index contributed by atoms with van der Waals surface area (Å²) in [6.45, 7) is 15.9. The number of nitrogens with zero attached hydrogens (tertiary/aromatic N) is 3. The van der Waals surface area contributed by atoms with Crippen molar-refractivity contribution in [3.8, 4) is 0 Å². The molecule has 1 aromatic heterocycles. The van der Waals surface area contributed by atoms with Crippen molar-refractivity contribution in [3.05, 3.63) is 16.4 Å². The number of hydrogen-bond acceptors (Lipinski definition) is 3. The minimum atomic E-state index is 0.453. The van der Waals surface area contributed by atoms with Gasteiger partial charge in [-0.1, -0.05) is 32.4 Å². The van der Waals surface area contributed by atoms with E-state index in [1.807, 2.05) is 11.6 Å². The lowest BCUT2D eigenvalue weighted by Crippen LogP contribution is -2.36. The average Bonchev–Trinajstić information content (AvgIpc) is 2.76. The molecular weight excluding hydrogens is 284 g/mol. The van der Waals surface area contributed by atoms with Gasteiger partial charge in [0.2, 0.25) is 0 Å². The molecule has 0 saturated heterocycles. The number of likely N-dealkylation sites (N-methyl/N-ethyl adjacent to an activating group) is 1. The van der Waals surface area contributed by atoms with Crippen LogP contribution in [0.4, 0.5) is 0 Å². The maximum Gasteiger partial charge on any atom is 0.0847 e. The van der Waals surface area contributed by atoms with E-state index < -0.39 is 0 Å². The quantitative estimate of drug-likeness (QED) is 0.720. The van der Waals surface area contributed by atoms with E-state index in [1.165, 1.54) is 5.69 Å². The van der Waals surface area contributed by atoms with Crippen molar-refractivity contribution in [2.75, 3.05) is 26.2 Å². The van der Waals surface area contributed by atoms with Crippen LogP contribution in [-0.4, -0.2) is 46.9 Å². The predicted octanol–water partition coefficient (Wildman–Crippen LogP) is 3.12. The molecule has 1 N–H and O–H groups in total. The van der Waals surface area contributed by atoms with Gasteiger partial charge in [-0.25, -0.2) is 0 Å². The number of halogens is 1. The van der Waals surface area contributed by atoms with Gasteiger partial charge in [0.25, 0.3) is 0 Å². The van der Waals surface area contributed by atoms with Crippen LogP contribution in [0.2, 0.25) is 5.02 Å². The highest BCUT2D eigenvalue weighted by Gasteiger charge is 2.18. The Morgan fingerprint density at radius 1 is 1.24 bits per heavy atom. The van der Waals surface area contributed by atoms with Gasteiger partial charge in [0.05, 0.1) is 16.4 Å². The largest absolute Gasteiger partial charge is 0.314 e. The van der Waals surface area contributed by atoms with Gasteiger partial charge in [-0.15, -0.1) is 0 Å². The molecule has 1 rings (SSSR count). The Balaban J connectivity index is 2.74. The molecule has 0 aromatic carbocycles. The van der Waals surface area contributed by atoms with E-state index in [4.69, 9.17) is 11.6 Å². The van der Waals surface area contributed by atoms with Crippen LogP contribution in [0.3, 0.4) is 0 Å². The molecule has 1 aromatic rings. The van der Waals surface area contributed by atoms with Gasteiger partial charge in [-0.3, -0.25) is 4.68 Å². The molecule has 0 aliphatic heterocycles. The van der Waals surface area contributed by atoms with Crippen LogP contribution < -0.4 is 5.32 Å². The molecule has 5 heteroatoms. The number of nitrogens with one attached hydrogen (secondary N) is 1. The predicted molar refractivity (Wildman–Crippen MR) is 91.2 cm³/mol. The first-order valence-corrected chi connectivity index (χ1v) is 8.62. The SMILES string of the molecule is CCNC(CCN(CC)CC)Cc1c(Cl)c(C)nn1CC. The van der Waals surface area contributed by atoms with E-state index in [-0.39, 0.29) is 0 Å². The first-order valence-electron chi connectivity index (χ1n) is 8.24. The second-order valence-electron chi connectivity index (χ2n) is 5.44. The van der Waals surface area contributed by atoms with Crippen molar-refractivity contribution in [2.45, 2.75) is 60.0 Å². The highest BCUT2D eigenvalue weighted by Crippen LogP contribution is 2.22. The molecule has 0 bridgehead atoms. The molecular formula is C16H31ClN4. The average molecular weight is 315 g/mol. The topological polar surface area (TPSA) is 33.1 Å². The number of aryl methyl sites for hydroxylation is 2. The molecule has 0 aliphatic rings. The van der Waals surface area contributed by atoms with E-state index >= 15 is 0 Å². The zero-order chi connectivity index (χ0) is 15.8. The molecule has 21 heavy (non-hydrogen) atoms. The zero-order valence-corrected chi connectivity index (χ0v) is 15.0. The molecule has 122 valence electrons. The zero-order valence-electron chi connectivity index (χ0n) is 14.2. The molecule has 0 saturated carbocycles. The van der Waals surface area contributed by atoms with Gasteiger partial charge in [-0.2, -0.15) is 5.10 Å². The van der Waals surface area contributed by atoms with Crippen LogP contribution in [0.15, 0.2) is 0 Å². The van der Waals surface area contributed by atoms with Gasteiger partial charge in [0, 0.05) is 19.0 Å². The molecule has 0 spiro atoms. The van der Waals surface area contributed by atoms with E-state index in [0.717, 1.165) is 56.3 Å². The first kappa shape index (κ1) is 18.5. The summed E-state index contributed by atoms with van der Waals surface area (Å²) in [6, 6.07) is 0.453. The highest BCUT2D eigenvalue weighted by molar-refractivity contribution is 6.31. The number of hydrogen-bond donors (Lipinski definition) is 1. The molecule has 0 fully saturated rings. The summed E-state index contributed by atoms with van der Waals surface area (Å²) in [5.74, 6) is 0. The van der Waals surface area contributed by atoms with Crippen LogP contribution in [0, 0.1) is 6.92 Å². The summed E-state index contributed by atoms with van der Waals surface area (Å²) in [7, 11) is 0. The molecule has 0 aliphatic carbocycles. The molecule has 0 amide bonds. The summed E-state index contributed by atoms with van der Waals surface area (Å²) >= 11 is 6.43. The Kier molecular flexibility index (Phi) is 8.30. The molecule has 1 unspecified atom stereocenters. The van der Waals surface area contributed by atoms with Crippen molar-refractivity contribution in [2.24, 2.45) is 0 Å². The van der Waals surface area contributed by atoms with Crippen LogP contribution in [-0.2, 0) is 13.0 Å². The minimum absolute atomic E-state index is 0.453. The monoisotopic (exact) mass is 314 g/mol. The Bertz CT molecular complexity index is 413. The van der Waals surface area contributed by atoms with E-state index in [0.29, 0.717) is 6.04 Å². The molecule has 1 heterocycles. The third-order valence-corrected chi connectivity index (χ3v) is 4.57. The Labute approximate surface area is 134 Å². The van der Waals surface area contributed by atoms with Gasteiger partial charge in [0.15, 0.2) is 0 Å². The van der Waals surface area contributed by atoms with E-state index in [9.17, 15) is 0 Å². The highest BCUT2D eigenvalue weighted by atomic mass is 35.5. The van der Waals surface area contributed by atoms with Crippen LogP contribution >= 0.6 is 11.6 Å². The smallest absolute Gasteiger partial charge is 0.0847 e. The summed E-state index contributed by atoms with van der Waals surface area (Å²) in [5, 5.41) is 8.95. The van der Waals surface area contributed by atoms with Crippen LogP contribution in [0.5, 0.6) is 0 Å². The number of aromatic nitrogens is 2. The Morgan fingerprint density at radius 2 is 1.90 bits per heavy atom. The van der Waals surface area contributed by atoms with E-state index in [1.54, 1.807) is 0 Å². The van der Waals surface area contributed by atoms with E-state index in [2.05, 4.69) is 43.0 Å². The standard InChI is InChI=1S/C16H31ClN4/c1-6-18-14(10-11-20(7-2)8-3)12-15-16(17)13(5)19-21(15)9-4/h14,18H,6-12H2,1-5H3. The minimum Gasteiger partial charge on any atom is -0.314 e. The second kappa shape index (κ2) is 9.44.